The number of hydrogen-bond acceptors (Lipinski definition) is 7. The Kier molecular flexibility index (Phi) is 9.48. The first-order chi connectivity index (χ1) is 26.4. The highest BCUT2D eigenvalue weighted by atomic mass is 28.4. The fourth-order valence-electron chi connectivity index (χ4n) is 7.69. The van der Waals surface area contributed by atoms with Gasteiger partial charge in [0.1, 0.15) is 22.7 Å². The average Bonchev–Trinajstić information content (AvgIpc) is 3.61. The number of rotatable bonds is 9. The van der Waals surface area contributed by atoms with Gasteiger partial charge in [-0.15, -0.1) is 0 Å². The molecule has 55 heavy (non-hydrogen) atoms. The number of benzene rings is 4. The zero-order valence-electron chi connectivity index (χ0n) is 32.0. The lowest BCUT2D eigenvalue weighted by molar-refractivity contribution is 0.0447. The number of likely N-dealkylation sites (tertiary alicyclic amines) is 1. The van der Waals surface area contributed by atoms with Crippen LogP contribution in [0.2, 0.25) is 18.1 Å². The van der Waals surface area contributed by atoms with Crippen molar-refractivity contribution in [2.45, 2.75) is 64.0 Å². The predicted molar refractivity (Wildman–Crippen MR) is 216 cm³/mol. The van der Waals surface area contributed by atoms with Crippen molar-refractivity contribution in [1.29, 1.82) is 0 Å². The monoisotopic (exact) mass is 753 g/mol. The summed E-state index contributed by atoms with van der Waals surface area (Å²) in [4.78, 5) is 46.7. The normalized spacial score (nSPS) is 18.8. The van der Waals surface area contributed by atoms with E-state index in [2.05, 4.69) is 68.3 Å². The Morgan fingerprint density at radius 1 is 0.764 bits per heavy atom. The zero-order chi connectivity index (χ0) is 38.5. The maximum absolute atomic E-state index is 15.2. The van der Waals surface area contributed by atoms with Crippen LogP contribution in [0.5, 0.6) is 11.5 Å². The van der Waals surface area contributed by atoms with E-state index in [1.807, 2.05) is 71.3 Å². The van der Waals surface area contributed by atoms with E-state index in [-0.39, 0.29) is 28.7 Å². The Hall–Kier alpha value is -5.49. The minimum absolute atomic E-state index is 0.00954. The van der Waals surface area contributed by atoms with Crippen LogP contribution in [0.3, 0.4) is 0 Å². The summed E-state index contributed by atoms with van der Waals surface area (Å²) in [5.41, 5.74) is 2.19. The number of carbonyl (C=O) groups is 2. The smallest absolute Gasteiger partial charge is 0.334 e. The molecule has 1 aromatic heterocycles. The molecule has 282 valence electrons. The quantitative estimate of drug-likeness (QED) is 0.146. The first-order valence-corrected chi connectivity index (χ1v) is 21.9. The summed E-state index contributed by atoms with van der Waals surface area (Å²) in [5, 5.41) is 4.46. The van der Waals surface area contributed by atoms with Crippen LogP contribution in [0.1, 0.15) is 59.5 Å². The number of amides is 2. The number of aromatic nitrogens is 2. The van der Waals surface area contributed by atoms with Gasteiger partial charge < -0.3 is 14.5 Å². The predicted octanol–water partition coefficient (Wildman–Crippen LogP) is 6.01. The van der Waals surface area contributed by atoms with Crippen molar-refractivity contribution in [1.82, 2.24) is 24.3 Å². The minimum atomic E-state index is -2.18. The van der Waals surface area contributed by atoms with E-state index in [1.165, 1.54) is 10.5 Å². The molecule has 1 fully saturated rings. The summed E-state index contributed by atoms with van der Waals surface area (Å²) < 4.78 is 16.7. The van der Waals surface area contributed by atoms with Gasteiger partial charge in [-0.25, -0.2) is 9.69 Å². The summed E-state index contributed by atoms with van der Waals surface area (Å²) in [6.07, 6.45) is 2.52. The molecule has 1 unspecified atom stereocenters. The maximum Gasteiger partial charge on any atom is 0.334 e. The van der Waals surface area contributed by atoms with Crippen LogP contribution in [0.4, 0.5) is 0 Å². The fraction of sp³-hybridized carbons (Fsp3) is 0.295. The second kappa shape index (κ2) is 14.3. The molecule has 3 aliphatic rings. The Labute approximate surface area is 322 Å². The molecule has 1 saturated heterocycles. The molecule has 2 atom stereocenters. The third-order valence-corrected chi connectivity index (χ3v) is 15.9. The maximum atomic E-state index is 15.2. The summed E-state index contributed by atoms with van der Waals surface area (Å²) in [6, 6.07) is 33.8. The first-order valence-electron chi connectivity index (χ1n) is 19.0. The van der Waals surface area contributed by atoms with E-state index in [9.17, 15) is 9.59 Å². The third kappa shape index (κ3) is 6.88. The van der Waals surface area contributed by atoms with Gasteiger partial charge in [0.05, 0.1) is 34.3 Å². The lowest BCUT2D eigenvalue weighted by Crippen LogP contribution is -2.54. The van der Waals surface area contributed by atoms with Crippen LogP contribution in [0, 0.1) is 0 Å². The van der Waals surface area contributed by atoms with Crippen molar-refractivity contribution in [3.8, 4) is 17.2 Å². The first kappa shape index (κ1) is 36.5. The highest BCUT2D eigenvalue weighted by Gasteiger charge is 2.43. The lowest BCUT2D eigenvalue weighted by atomic mass is 10.0. The van der Waals surface area contributed by atoms with Crippen LogP contribution in [-0.2, 0) is 11.0 Å². The van der Waals surface area contributed by atoms with Crippen molar-refractivity contribution in [3.63, 3.8) is 0 Å². The summed E-state index contributed by atoms with van der Waals surface area (Å²) >= 11 is 0. The van der Waals surface area contributed by atoms with Crippen LogP contribution in [-0.4, -0.2) is 64.8 Å². The van der Waals surface area contributed by atoms with Crippen molar-refractivity contribution in [2.75, 3.05) is 19.6 Å². The Morgan fingerprint density at radius 2 is 1.36 bits per heavy atom. The molecule has 4 heterocycles. The van der Waals surface area contributed by atoms with E-state index < -0.39 is 20.1 Å². The molecule has 2 amide bonds. The second-order valence-electron chi connectivity index (χ2n) is 16.1. The summed E-state index contributed by atoms with van der Waals surface area (Å²) in [7, 11) is -2.18. The van der Waals surface area contributed by atoms with E-state index in [0.29, 0.717) is 65.1 Å². The SMILES string of the molecule is CC(C)(C)[Si](C)(C)O[C@@H]1CC(n2c3c(n(-c4ccc(Oc5ccccc5)cc4)c2=O)=C(N2C(=O)c4ccccc4C2=O)NCC=3)CN(Cc2ccccc2)C1. The summed E-state index contributed by atoms with van der Waals surface area (Å²) in [6.45, 7) is 13.7. The van der Waals surface area contributed by atoms with E-state index in [0.717, 1.165) is 6.54 Å². The molecule has 11 heteroatoms. The Morgan fingerprint density at radius 3 is 2.00 bits per heavy atom. The van der Waals surface area contributed by atoms with Gasteiger partial charge in [0, 0.05) is 26.2 Å². The molecular weight excluding hydrogens is 707 g/mol. The molecule has 0 saturated carbocycles. The number of piperidine rings is 1. The van der Waals surface area contributed by atoms with Gasteiger partial charge in [-0.2, -0.15) is 0 Å². The number of ether oxygens (including phenoxy) is 1. The largest absolute Gasteiger partial charge is 0.457 e. The minimum Gasteiger partial charge on any atom is -0.457 e. The third-order valence-electron chi connectivity index (χ3n) is 11.4. The number of nitrogens with zero attached hydrogens (tertiary/aromatic N) is 4. The molecule has 5 aromatic rings. The van der Waals surface area contributed by atoms with E-state index in [4.69, 9.17) is 9.16 Å². The number of fused-ring (bicyclic) bond motifs is 2. The highest BCUT2D eigenvalue weighted by molar-refractivity contribution is 6.74. The lowest BCUT2D eigenvalue weighted by Gasteiger charge is -2.44. The number of carbonyl (C=O) groups excluding carboxylic acids is 2. The van der Waals surface area contributed by atoms with Gasteiger partial charge in [0.2, 0.25) is 0 Å². The van der Waals surface area contributed by atoms with Gasteiger partial charge >= 0.3 is 5.69 Å². The molecule has 0 aliphatic carbocycles. The molecule has 0 radical (unpaired) electrons. The van der Waals surface area contributed by atoms with Crippen molar-refractivity contribution in [2.24, 2.45) is 0 Å². The van der Waals surface area contributed by atoms with Crippen LogP contribution >= 0.6 is 0 Å². The topological polar surface area (TPSA) is 98.0 Å². The van der Waals surface area contributed by atoms with Gasteiger partial charge in [0.25, 0.3) is 11.8 Å². The van der Waals surface area contributed by atoms with Gasteiger partial charge in [-0.1, -0.05) is 81.4 Å². The molecule has 8 rings (SSSR count). The Bertz CT molecular complexity index is 2400. The standard InChI is InChI=1S/C44H47N5O5Si/c1-44(2,3)55(4,5)54-35-26-32(28-46(29-35)27-30-14-8-6-9-15-30)47-38-24-25-45-40(49-41(50)36-18-12-13-19-37(36)42(49)51)39(38)48(43(47)52)31-20-22-34(23-21-31)53-33-16-10-7-11-17-33/h6-24,32,35,45H,25-29H2,1-5H3/t32?,35-/m1/s1. The zero-order valence-corrected chi connectivity index (χ0v) is 33.0. The molecule has 0 spiro atoms. The number of para-hydroxylation sites is 1. The van der Waals surface area contributed by atoms with Crippen molar-refractivity contribution >= 4 is 32.0 Å². The molecule has 0 bridgehead atoms. The van der Waals surface area contributed by atoms with Gasteiger partial charge in [0.15, 0.2) is 8.32 Å². The van der Waals surface area contributed by atoms with Gasteiger partial charge in [-0.05, 0) is 84.7 Å². The van der Waals surface area contributed by atoms with Gasteiger partial charge in [-0.3, -0.25) is 23.6 Å². The van der Waals surface area contributed by atoms with Crippen molar-refractivity contribution < 1.29 is 18.8 Å². The number of hydrogen-bond donors (Lipinski definition) is 1. The number of nitrogens with one attached hydrogen (secondary N) is 1. The number of imidazole rings is 1. The fourth-order valence-corrected chi connectivity index (χ4v) is 9.05. The Balaban J connectivity index is 1.28. The van der Waals surface area contributed by atoms with Crippen molar-refractivity contribution in [3.05, 3.63) is 147 Å². The van der Waals surface area contributed by atoms with E-state index in [1.54, 1.807) is 28.8 Å². The second-order valence-corrected chi connectivity index (χ2v) is 20.9. The molecule has 1 N–H and O–H groups in total. The molecular formula is C44H47N5O5Si. The molecule has 4 aromatic carbocycles. The highest BCUT2D eigenvalue weighted by Crippen LogP contribution is 2.39. The van der Waals surface area contributed by atoms with Crippen LogP contribution in [0.15, 0.2) is 114 Å². The van der Waals surface area contributed by atoms with Crippen LogP contribution < -0.4 is 26.4 Å². The van der Waals surface area contributed by atoms with E-state index >= 15 is 4.79 Å². The molecule has 3 aliphatic heterocycles. The molecule has 10 nitrogen and oxygen atoms in total. The number of imide groups is 1. The average molecular weight is 754 g/mol. The van der Waals surface area contributed by atoms with Crippen LogP contribution in [0.25, 0.3) is 17.6 Å². The summed E-state index contributed by atoms with van der Waals surface area (Å²) in [5.74, 6) is 0.741.